The van der Waals surface area contributed by atoms with Gasteiger partial charge in [0.15, 0.2) is 12.6 Å². The van der Waals surface area contributed by atoms with Crippen molar-refractivity contribution in [3.05, 3.63) is 11.6 Å². The zero-order valence-electron chi connectivity index (χ0n) is 28.1. The van der Waals surface area contributed by atoms with E-state index in [9.17, 15) is 40.5 Å². The molecule has 7 aliphatic rings. The fourth-order valence-corrected chi connectivity index (χ4v) is 11.4. The van der Waals surface area contributed by atoms with E-state index in [0.717, 1.165) is 50.5 Å². The number of ether oxygens (including phenoxy) is 5. The summed E-state index contributed by atoms with van der Waals surface area (Å²) < 4.78 is 29.1. The molecule has 0 aromatic carbocycles. The van der Waals surface area contributed by atoms with Gasteiger partial charge in [0.2, 0.25) is 0 Å². The summed E-state index contributed by atoms with van der Waals surface area (Å²) in [6, 6.07) is 0. The van der Waals surface area contributed by atoms with E-state index in [1.54, 1.807) is 6.92 Å². The molecule has 18 atom stereocenters. The number of esters is 1. The molecule has 0 radical (unpaired) electrons. The van der Waals surface area contributed by atoms with Crippen molar-refractivity contribution in [3.8, 4) is 0 Å². The topological polar surface area (TPSA) is 205 Å². The van der Waals surface area contributed by atoms with Gasteiger partial charge in [-0.05, 0) is 80.6 Å². The minimum Gasteiger partial charge on any atom is -0.458 e. The summed E-state index contributed by atoms with van der Waals surface area (Å²) in [5.41, 5.74) is -0.737. The monoisotopic (exact) mass is 682 g/mol. The minimum absolute atomic E-state index is 0.0130. The normalized spacial score (nSPS) is 55.3. The highest BCUT2D eigenvalue weighted by molar-refractivity contribution is 5.85. The third-order valence-corrected chi connectivity index (χ3v) is 14.0. The first-order chi connectivity index (χ1) is 22.7. The summed E-state index contributed by atoms with van der Waals surface area (Å²) in [5.74, 6) is 0.0985. The number of aliphatic hydroxyl groups is 7. The molecule has 13 nitrogen and oxygen atoms in total. The molecule has 6 fully saturated rings. The van der Waals surface area contributed by atoms with Gasteiger partial charge in [-0.15, -0.1) is 0 Å². The van der Waals surface area contributed by atoms with E-state index in [1.165, 1.54) is 6.08 Å². The van der Waals surface area contributed by atoms with Crippen LogP contribution in [-0.2, 0) is 28.5 Å². The van der Waals surface area contributed by atoms with Gasteiger partial charge in [0.25, 0.3) is 0 Å². The third-order valence-electron chi connectivity index (χ3n) is 14.0. The first-order valence-electron chi connectivity index (χ1n) is 17.9. The van der Waals surface area contributed by atoms with Crippen molar-refractivity contribution < 1.29 is 64.2 Å². The number of aliphatic hydroxyl groups excluding tert-OH is 6. The Morgan fingerprint density at radius 3 is 2.35 bits per heavy atom. The molecule has 2 saturated heterocycles. The number of cyclic esters (lactones) is 1. The van der Waals surface area contributed by atoms with Crippen LogP contribution >= 0.6 is 0 Å². The lowest BCUT2D eigenvalue weighted by Gasteiger charge is -2.63. The molecule has 0 aromatic heterocycles. The third kappa shape index (κ3) is 5.51. The Morgan fingerprint density at radius 2 is 1.67 bits per heavy atom. The molecule has 272 valence electrons. The second-order valence-electron chi connectivity index (χ2n) is 16.4. The molecular weight excluding hydrogens is 628 g/mol. The number of fused-ring (bicyclic) bond motifs is 5. The quantitative estimate of drug-likeness (QED) is 0.149. The summed E-state index contributed by atoms with van der Waals surface area (Å²) in [7, 11) is 0. The first-order valence-corrected chi connectivity index (χ1v) is 17.9. The van der Waals surface area contributed by atoms with Crippen molar-refractivity contribution in [2.24, 2.45) is 34.5 Å². The molecule has 0 aromatic rings. The number of hydrogen-bond donors (Lipinski definition) is 7. The lowest BCUT2D eigenvalue weighted by Crippen LogP contribution is -2.62. The highest BCUT2D eigenvalue weighted by Gasteiger charge is 2.70. The molecular formula is C35H54O13. The molecule has 0 spiro atoms. The van der Waals surface area contributed by atoms with Gasteiger partial charge in [-0.3, -0.25) is 0 Å². The Balaban J connectivity index is 0.969. The Labute approximate surface area is 281 Å². The summed E-state index contributed by atoms with van der Waals surface area (Å²) >= 11 is 0. The molecule has 4 aliphatic carbocycles. The Morgan fingerprint density at radius 1 is 0.896 bits per heavy atom. The van der Waals surface area contributed by atoms with Crippen molar-refractivity contribution in [2.75, 3.05) is 13.2 Å². The Kier molecular flexibility index (Phi) is 9.36. The number of rotatable bonds is 6. The lowest BCUT2D eigenvalue weighted by atomic mass is 9.43. The number of carbonyl (C=O) groups excluding carboxylic acids is 1. The van der Waals surface area contributed by atoms with Crippen LogP contribution in [0.1, 0.15) is 78.6 Å². The van der Waals surface area contributed by atoms with Crippen LogP contribution in [0.15, 0.2) is 11.6 Å². The highest BCUT2D eigenvalue weighted by atomic mass is 16.7. The molecule has 7 rings (SSSR count). The summed E-state index contributed by atoms with van der Waals surface area (Å²) in [6.07, 6.45) is -3.04. The van der Waals surface area contributed by atoms with Crippen LogP contribution in [0.2, 0.25) is 0 Å². The molecule has 4 saturated carbocycles. The first kappa shape index (κ1) is 35.2. The van der Waals surface area contributed by atoms with E-state index < -0.39 is 79.0 Å². The zero-order valence-corrected chi connectivity index (χ0v) is 28.1. The van der Waals surface area contributed by atoms with Gasteiger partial charge in [-0.1, -0.05) is 13.8 Å². The van der Waals surface area contributed by atoms with E-state index in [-0.39, 0.29) is 42.4 Å². The van der Waals surface area contributed by atoms with Gasteiger partial charge in [-0.2, -0.15) is 0 Å². The van der Waals surface area contributed by atoms with Gasteiger partial charge in [0.1, 0.15) is 37.1 Å². The largest absolute Gasteiger partial charge is 0.458 e. The van der Waals surface area contributed by atoms with Gasteiger partial charge >= 0.3 is 5.97 Å². The molecule has 3 aliphatic heterocycles. The molecule has 13 heteroatoms. The molecule has 0 unspecified atom stereocenters. The van der Waals surface area contributed by atoms with Gasteiger partial charge in [0, 0.05) is 30.3 Å². The average Bonchev–Trinajstić information content (AvgIpc) is 3.54. The minimum atomic E-state index is -1.58. The van der Waals surface area contributed by atoms with E-state index in [0.29, 0.717) is 18.3 Å². The maximum atomic E-state index is 12.5. The van der Waals surface area contributed by atoms with Crippen LogP contribution in [0.25, 0.3) is 0 Å². The predicted molar refractivity (Wildman–Crippen MR) is 166 cm³/mol. The van der Waals surface area contributed by atoms with Crippen molar-refractivity contribution in [2.45, 2.75) is 152 Å². The zero-order chi connectivity index (χ0) is 34.3. The van der Waals surface area contributed by atoms with Crippen LogP contribution in [-0.4, -0.2) is 128 Å². The fourth-order valence-electron chi connectivity index (χ4n) is 11.4. The summed E-state index contributed by atoms with van der Waals surface area (Å²) in [4.78, 5) is 11.9. The van der Waals surface area contributed by atoms with Crippen LogP contribution < -0.4 is 0 Å². The molecule has 0 bridgehead atoms. The van der Waals surface area contributed by atoms with E-state index in [4.69, 9.17) is 23.7 Å². The van der Waals surface area contributed by atoms with Crippen molar-refractivity contribution in [1.82, 2.24) is 0 Å². The fraction of sp³-hybridized carbons (Fsp3) is 0.914. The molecule has 7 N–H and O–H groups in total. The Bertz CT molecular complexity index is 1230. The predicted octanol–water partition coefficient (Wildman–Crippen LogP) is 0.280. The van der Waals surface area contributed by atoms with Crippen LogP contribution in [0, 0.1) is 34.5 Å². The van der Waals surface area contributed by atoms with Crippen LogP contribution in [0.4, 0.5) is 0 Å². The summed E-state index contributed by atoms with van der Waals surface area (Å²) in [6.45, 7) is 5.81. The number of hydrogen-bond acceptors (Lipinski definition) is 13. The second-order valence-corrected chi connectivity index (χ2v) is 16.4. The maximum Gasteiger partial charge on any atom is 0.331 e. The SMILES string of the molecule is C[C@H]1O[C@@H](O[C@H]2CC[C@@]3(C)[C@H](CC[C@@H]4[C@@H]3CC[C@]3(C)[C@@H](C5=CC(=O)OC5)[C@@H](O)C[C@]43O)C2)C[C@H](O)[C@@H]1O[C@@H]1O[C@H](CO)[C@@H](O)[C@H](O)[C@H]1O. The smallest absolute Gasteiger partial charge is 0.331 e. The van der Waals surface area contributed by atoms with Crippen molar-refractivity contribution >= 4 is 5.97 Å². The van der Waals surface area contributed by atoms with Crippen LogP contribution in [0.5, 0.6) is 0 Å². The van der Waals surface area contributed by atoms with E-state index in [1.807, 2.05) is 0 Å². The maximum absolute atomic E-state index is 12.5. The highest BCUT2D eigenvalue weighted by Crippen LogP contribution is 2.70. The summed E-state index contributed by atoms with van der Waals surface area (Å²) in [5, 5.41) is 74.9. The van der Waals surface area contributed by atoms with Crippen molar-refractivity contribution in [3.63, 3.8) is 0 Å². The lowest BCUT2D eigenvalue weighted by molar-refractivity contribution is -0.344. The number of carbonyl (C=O) groups is 1. The van der Waals surface area contributed by atoms with E-state index >= 15 is 0 Å². The van der Waals surface area contributed by atoms with Gasteiger partial charge in [-0.25, -0.2) is 4.79 Å². The van der Waals surface area contributed by atoms with E-state index in [2.05, 4.69) is 13.8 Å². The molecule has 48 heavy (non-hydrogen) atoms. The molecule has 3 heterocycles. The van der Waals surface area contributed by atoms with Crippen molar-refractivity contribution in [1.29, 1.82) is 0 Å². The molecule has 0 amide bonds. The average molecular weight is 683 g/mol. The second kappa shape index (κ2) is 12.8. The van der Waals surface area contributed by atoms with Gasteiger partial charge < -0.3 is 59.4 Å². The standard InChI is InChI=1S/C35H54O13/c1-16-31(48-32-30(42)29(41)28(40)24(14-36)47-32)22(37)12-26(45-16)46-19-6-8-33(2)18(11-19)4-5-21-20(33)7-9-34(3)27(17-10-25(39)44-15-17)23(38)13-35(21,34)43/h10,16,18-24,26-32,36-38,40-43H,4-9,11-15H2,1-3H3/t16-,18-,19+,20+,21-,22+,23+,24-,26+,27+,28-,29+,30-,31-,32+,33+,34-,35+/m1/s1. The Hall–Kier alpha value is -1.23. The van der Waals surface area contributed by atoms with Crippen LogP contribution in [0.3, 0.4) is 0 Å². The van der Waals surface area contributed by atoms with Gasteiger partial charge in [0.05, 0.1) is 36.6 Å².